The molecule has 1 atom stereocenters. The highest BCUT2D eigenvalue weighted by molar-refractivity contribution is 5.65. The van der Waals surface area contributed by atoms with Gasteiger partial charge < -0.3 is 15.8 Å². The van der Waals surface area contributed by atoms with E-state index in [0.29, 0.717) is 0 Å². The van der Waals surface area contributed by atoms with Gasteiger partial charge in [-0.15, -0.1) is 0 Å². The maximum absolute atomic E-state index is 6.17. The molecule has 2 aromatic rings. The van der Waals surface area contributed by atoms with Gasteiger partial charge in [-0.3, -0.25) is 4.68 Å². The van der Waals surface area contributed by atoms with Gasteiger partial charge in [0.1, 0.15) is 17.7 Å². The molecule has 0 aliphatic carbocycles. The number of rotatable bonds is 5. The number of nitrogens with one attached hydrogen (secondary N) is 1. The van der Waals surface area contributed by atoms with Crippen molar-refractivity contribution >= 4 is 11.5 Å². The number of nitrogens with zero attached hydrogens (tertiary/aromatic N) is 2. The monoisotopic (exact) mass is 286 g/mol. The number of anilines is 2. The Labute approximate surface area is 125 Å². The van der Waals surface area contributed by atoms with Crippen molar-refractivity contribution in [2.24, 2.45) is 7.05 Å². The summed E-state index contributed by atoms with van der Waals surface area (Å²) in [5.74, 6) is 1.88. The van der Waals surface area contributed by atoms with Crippen molar-refractivity contribution in [3.8, 4) is 5.75 Å². The van der Waals surface area contributed by atoms with Crippen molar-refractivity contribution in [1.82, 2.24) is 9.78 Å². The third-order valence-electron chi connectivity index (χ3n) is 3.86. The highest BCUT2D eigenvalue weighted by atomic mass is 16.5. The predicted molar refractivity (Wildman–Crippen MR) is 84.7 cm³/mol. The number of benzene rings is 1. The molecule has 1 aliphatic rings. The van der Waals surface area contributed by atoms with Crippen molar-refractivity contribution in [3.05, 3.63) is 35.5 Å². The van der Waals surface area contributed by atoms with Gasteiger partial charge in [-0.1, -0.05) is 31.5 Å². The van der Waals surface area contributed by atoms with Gasteiger partial charge in [0, 0.05) is 13.5 Å². The van der Waals surface area contributed by atoms with E-state index in [9.17, 15) is 0 Å². The van der Waals surface area contributed by atoms with Crippen LogP contribution in [-0.4, -0.2) is 22.4 Å². The molecule has 1 aliphatic heterocycles. The summed E-state index contributed by atoms with van der Waals surface area (Å²) in [4.78, 5) is 0. The molecule has 0 radical (unpaired) electrons. The second-order valence-electron chi connectivity index (χ2n) is 5.52. The van der Waals surface area contributed by atoms with Crippen LogP contribution in [0.5, 0.6) is 5.75 Å². The maximum atomic E-state index is 6.17. The summed E-state index contributed by atoms with van der Waals surface area (Å²) in [5, 5.41) is 7.86. The standard InChI is InChI=1S/C16H22N4O/c1-3-6-13-15(17)16(20(2)19-13)18-10-12-9-11-7-4-5-8-14(11)21-12/h4-5,7-8,12,18H,3,6,9-10,17H2,1-2H3. The highest BCUT2D eigenvalue weighted by Crippen LogP contribution is 2.29. The van der Waals surface area contributed by atoms with Crippen LogP contribution in [0.25, 0.3) is 0 Å². The molecular weight excluding hydrogens is 264 g/mol. The van der Waals surface area contributed by atoms with Gasteiger partial charge in [0.15, 0.2) is 0 Å². The Morgan fingerprint density at radius 1 is 1.43 bits per heavy atom. The molecule has 0 saturated carbocycles. The molecule has 1 aromatic carbocycles. The summed E-state index contributed by atoms with van der Waals surface area (Å²) < 4.78 is 7.75. The van der Waals surface area contributed by atoms with E-state index in [1.807, 2.05) is 29.9 Å². The quantitative estimate of drug-likeness (QED) is 0.885. The fourth-order valence-corrected chi connectivity index (χ4v) is 2.81. The first-order chi connectivity index (χ1) is 10.2. The Balaban J connectivity index is 1.64. The van der Waals surface area contributed by atoms with E-state index in [4.69, 9.17) is 10.5 Å². The first-order valence-corrected chi connectivity index (χ1v) is 7.48. The lowest BCUT2D eigenvalue weighted by Gasteiger charge is -2.13. The second kappa shape index (κ2) is 5.68. The zero-order chi connectivity index (χ0) is 14.8. The molecule has 5 heteroatoms. The van der Waals surface area contributed by atoms with Gasteiger partial charge in [-0.25, -0.2) is 0 Å². The van der Waals surface area contributed by atoms with E-state index in [1.165, 1.54) is 5.56 Å². The van der Waals surface area contributed by atoms with E-state index in [-0.39, 0.29) is 6.10 Å². The molecule has 3 N–H and O–H groups in total. The first kappa shape index (κ1) is 13.8. The highest BCUT2D eigenvalue weighted by Gasteiger charge is 2.23. The average Bonchev–Trinajstić information content (AvgIpc) is 2.99. The molecule has 112 valence electrons. The average molecular weight is 286 g/mol. The van der Waals surface area contributed by atoms with Gasteiger partial charge in [-0.2, -0.15) is 5.10 Å². The number of ether oxygens (including phenoxy) is 1. The van der Waals surface area contributed by atoms with Crippen molar-refractivity contribution in [1.29, 1.82) is 0 Å². The number of aryl methyl sites for hydroxylation is 2. The van der Waals surface area contributed by atoms with Gasteiger partial charge in [0.2, 0.25) is 0 Å². The normalized spacial score (nSPS) is 16.6. The molecule has 2 heterocycles. The van der Waals surface area contributed by atoms with Crippen LogP contribution in [0.1, 0.15) is 24.6 Å². The summed E-state index contributed by atoms with van der Waals surface area (Å²) in [6.45, 7) is 2.86. The number of fused-ring (bicyclic) bond motifs is 1. The molecule has 0 amide bonds. The molecule has 0 spiro atoms. The van der Waals surface area contributed by atoms with E-state index in [2.05, 4.69) is 23.4 Å². The third-order valence-corrected chi connectivity index (χ3v) is 3.86. The topological polar surface area (TPSA) is 65.1 Å². The maximum Gasteiger partial charge on any atom is 0.147 e. The second-order valence-corrected chi connectivity index (χ2v) is 5.52. The first-order valence-electron chi connectivity index (χ1n) is 7.48. The molecule has 21 heavy (non-hydrogen) atoms. The Bertz CT molecular complexity index is 610. The van der Waals surface area contributed by atoms with Crippen LogP contribution in [0.2, 0.25) is 0 Å². The molecule has 3 rings (SSSR count). The largest absolute Gasteiger partial charge is 0.488 e. The lowest BCUT2D eigenvalue weighted by atomic mass is 10.1. The number of para-hydroxylation sites is 1. The molecule has 1 aromatic heterocycles. The minimum Gasteiger partial charge on any atom is -0.488 e. The fourth-order valence-electron chi connectivity index (χ4n) is 2.81. The number of aromatic nitrogens is 2. The van der Waals surface area contributed by atoms with Crippen molar-refractivity contribution in [2.75, 3.05) is 17.6 Å². The van der Waals surface area contributed by atoms with Gasteiger partial charge >= 0.3 is 0 Å². The van der Waals surface area contributed by atoms with Gasteiger partial charge in [0.05, 0.1) is 17.9 Å². The summed E-state index contributed by atoms with van der Waals surface area (Å²) in [6.07, 6.45) is 3.03. The summed E-state index contributed by atoms with van der Waals surface area (Å²) in [5.41, 5.74) is 9.17. The summed E-state index contributed by atoms with van der Waals surface area (Å²) in [7, 11) is 1.92. The van der Waals surface area contributed by atoms with Crippen molar-refractivity contribution < 1.29 is 4.74 Å². The van der Waals surface area contributed by atoms with E-state index in [1.54, 1.807) is 0 Å². The SMILES string of the molecule is CCCc1nn(C)c(NCC2Cc3ccccc3O2)c1N. The smallest absolute Gasteiger partial charge is 0.147 e. The fraction of sp³-hybridized carbons (Fsp3) is 0.438. The van der Waals surface area contributed by atoms with Crippen molar-refractivity contribution in [2.45, 2.75) is 32.3 Å². The minimum absolute atomic E-state index is 0.145. The van der Waals surface area contributed by atoms with Crippen molar-refractivity contribution in [3.63, 3.8) is 0 Å². The third kappa shape index (κ3) is 2.68. The zero-order valence-electron chi connectivity index (χ0n) is 12.6. The Morgan fingerprint density at radius 2 is 2.24 bits per heavy atom. The zero-order valence-corrected chi connectivity index (χ0v) is 12.6. The lowest BCUT2D eigenvalue weighted by Crippen LogP contribution is -2.25. The van der Waals surface area contributed by atoms with Crippen LogP contribution >= 0.6 is 0 Å². The minimum atomic E-state index is 0.145. The van der Waals surface area contributed by atoms with Gasteiger partial charge in [0.25, 0.3) is 0 Å². The predicted octanol–water partition coefficient (Wildman–Crippen LogP) is 2.37. The Kier molecular flexibility index (Phi) is 3.73. The number of nitrogen functional groups attached to an aromatic ring is 1. The van der Waals surface area contributed by atoms with E-state index in [0.717, 1.165) is 48.8 Å². The van der Waals surface area contributed by atoms with E-state index >= 15 is 0 Å². The van der Waals surface area contributed by atoms with Crippen LogP contribution in [0.3, 0.4) is 0 Å². The van der Waals surface area contributed by atoms with Crippen LogP contribution < -0.4 is 15.8 Å². The van der Waals surface area contributed by atoms with Crippen LogP contribution in [0.15, 0.2) is 24.3 Å². The Morgan fingerprint density at radius 3 is 3.00 bits per heavy atom. The number of hydrogen-bond acceptors (Lipinski definition) is 4. The lowest BCUT2D eigenvalue weighted by molar-refractivity contribution is 0.246. The van der Waals surface area contributed by atoms with Gasteiger partial charge in [-0.05, 0) is 18.1 Å². The number of hydrogen-bond donors (Lipinski definition) is 2. The Hall–Kier alpha value is -2.17. The van der Waals surface area contributed by atoms with Crippen LogP contribution in [0, 0.1) is 0 Å². The van der Waals surface area contributed by atoms with Crippen LogP contribution in [-0.2, 0) is 19.9 Å². The molecular formula is C16H22N4O. The van der Waals surface area contributed by atoms with E-state index < -0.39 is 0 Å². The molecule has 5 nitrogen and oxygen atoms in total. The molecule has 0 fully saturated rings. The van der Waals surface area contributed by atoms with Crippen LogP contribution in [0.4, 0.5) is 11.5 Å². The summed E-state index contributed by atoms with van der Waals surface area (Å²) >= 11 is 0. The molecule has 0 bridgehead atoms. The molecule has 1 unspecified atom stereocenters. The molecule has 0 saturated heterocycles. The number of nitrogens with two attached hydrogens (primary N) is 1. The summed E-state index contributed by atoms with van der Waals surface area (Å²) in [6, 6.07) is 8.19.